The molecule has 0 amide bonds. The molecule has 0 aromatic rings. The molecule has 100 valence electrons. The number of aliphatic hydroxyl groups is 1. The zero-order valence-corrected chi connectivity index (χ0v) is 10.7. The Morgan fingerprint density at radius 2 is 1.88 bits per heavy atom. The Bertz CT molecular complexity index is 324. The molecule has 0 aliphatic carbocycles. The zero-order chi connectivity index (χ0) is 13.6. The Morgan fingerprint density at radius 1 is 1.41 bits per heavy atom. The van der Waals surface area contributed by atoms with Crippen LogP contribution in [-0.2, 0) is 9.53 Å². The number of carbonyl (C=O) groups is 1. The van der Waals surface area contributed by atoms with Crippen LogP contribution in [0.4, 0.5) is 8.78 Å². The molecule has 0 aromatic carbocycles. The standard InChI is InChI=1S/C11H19F2NO3/c1-6-10(3,4)14(5)9(13)8(12)11(6,16)17-7(2)15/h6,8-9,16H,1-5H3. The number of ether oxygens (including phenoxy) is 1. The molecule has 4 unspecified atom stereocenters. The summed E-state index contributed by atoms with van der Waals surface area (Å²) in [5.41, 5.74) is -0.841. The number of hydrogen-bond donors (Lipinski definition) is 1. The van der Waals surface area contributed by atoms with E-state index < -0.39 is 35.7 Å². The summed E-state index contributed by atoms with van der Waals surface area (Å²) in [4.78, 5) is 12.1. The number of piperidine rings is 1. The molecule has 1 aliphatic heterocycles. The molecule has 0 aromatic heterocycles. The molecule has 0 saturated carbocycles. The number of esters is 1. The fraction of sp³-hybridized carbons (Fsp3) is 0.909. The number of halogens is 2. The second-order valence-electron chi connectivity index (χ2n) is 5.11. The molecule has 0 radical (unpaired) electrons. The fourth-order valence-corrected chi connectivity index (χ4v) is 2.14. The molecule has 1 heterocycles. The van der Waals surface area contributed by atoms with Crippen LogP contribution in [0.5, 0.6) is 0 Å². The van der Waals surface area contributed by atoms with E-state index >= 15 is 0 Å². The van der Waals surface area contributed by atoms with E-state index in [4.69, 9.17) is 0 Å². The molecule has 1 aliphatic rings. The Hall–Kier alpha value is -0.750. The van der Waals surface area contributed by atoms with Crippen LogP contribution in [0.15, 0.2) is 0 Å². The van der Waals surface area contributed by atoms with Crippen molar-refractivity contribution in [1.29, 1.82) is 0 Å². The van der Waals surface area contributed by atoms with E-state index in [0.717, 1.165) is 6.92 Å². The molecule has 0 spiro atoms. The molecule has 0 bridgehead atoms. The van der Waals surface area contributed by atoms with Gasteiger partial charge in [0.15, 0.2) is 6.30 Å². The van der Waals surface area contributed by atoms with Gasteiger partial charge in [0.05, 0.1) is 0 Å². The van der Waals surface area contributed by atoms with Crippen LogP contribution in [0.2, 0.25) is 0 Å². The van der Waals surface area contributed by atoms with Gasteiger partial charge >= 0.3 is 5.97 Å². The SMILES string of the molecule is CC(=O)OC1(O)C(F)C(F)N(C)C(C)(C)C1C. The first-order chi connectivity index (χ1) is 7.55. The summed E-state index contributed by atoms with van der Waals surface area (Å²) >= 11 is 0. The Labute approximate surface area is 99.5 Å². The topological polar surface area (TPSA) is 49.8 Å². The summed E-state index contributed by atoms with van der Waals surface area (Å²) in [6, 6.07) is 0. The minimum atomic E-state index is -2.43. The van der Waals surface area contributed by atoms with Crippen molar-refractivity contribution in [3.63, 3.8) is 0 Å². The van der Waals surface area contributed by atoms with Gasteiger partial charge in [0, 0.05) is 18.4 Å². The third-order valence-electron chi connectivity index (χ3n) is 3.90. The molecule has 1 fully saturated rings. The van der Waals surface area contributed by atoms with Crippen molar-refractivity contribution >= 4 is 5.97 Å². The molecule has 1 saturated heterocycles. The summed E-state index contributed by atoms with van der Waals surface area (Å²) in [5, 5.41) is 10.1. The molecular weight excluding hydrogens is 232 g/mol. The smallest absolute Gasteiger partial charge is 0.305 e. The van der Waals surface area contributed by atoms with Gasteiger partial charge in [0.25, 0.3) is 5.79 Å². The predicted octanol–water partition coefficient (Wildman–Crippen LogP) is 1.23. The number of rotatable bonds is 1. The van der Waals surface area contributed by atoms with Crippen molar-refractivity contribution in [2.75, 3.05) is 7.05 Å². The van der Waals surface area contributed by atoms with Gasteiger partial charge in [-0.15, -0.1) is 0 Å². The predicted molar refractivity (Wildman–Crippen MR) is 57.5 cm³/mol. The van der Waals surface area contributed by atoms with Gasteiger partial charge in [-0.25, -0.2) is 8.78 Å². The largest absolute Gasteiger partial charge is 0.430 e. The Morgan fingerprint density at radius 3 is 2.29 bits per heavy atom. The minimum absolute atomic E-state index is 0.772. The van der Waals surface area contributed by atoms with Crippen LogP contribution in [0, 0.1) is 5.92 Å². The number of hydrogen-bond acceptors (Lipinski definition) is 4. The Balaban J connectivity index is 3.16. The second-order valence-corrected chi connectivity index (χ2v) is 5.11. The minimum Gasteiger partial charge on any atom is -0.430 e. The highest BCUT2D eigenvalue weighted by Gasteiger charge is 2.62. The van der Waals surface area contributed by atoms with E-state index in [9.17, 15) is 18.7 Å². The van der Waals surface area contributed by atoms with Crippen LogP contribution >= 0.6 is 0 Å². The number of alkyl halides is 2. The zero-order valence-electron chi connectivity index (χ0n) is 10.7. The van der Waals surface area contributed by atoms with Crippen molar-refractivity contribution in [3.05, 3.63) is 0 Å². The lowest BCUT2D eigenvalue weighted by atomic mass is 9.75. The van der Waals surface area contributed by atoms with E-state index in [1.165, 1.54) is 18.9 Å². The summed E-state index contributed by atoms with van der Waals surface area (Å²) in [7, 11) is 1.43. The lowest BCUT2D eigenvalue weighted by molar-refractivity contribution is -0.316. The van der Waals surface area contributed by atoms with Crippen LogP contribution in [0.3, 0.4) is 0 Å². The summed E-state index contributed by atoms with van der Waals surface area (Å²) < 4.78 is 32.3. The molecule has 1 N–H and O–H groups in total. The third kappa shape index (κ3) is 2.04. The van der Waals surface area contributed by atoms with Crippen molar-refractivity contribution in [1.82, 2.24) is 4.90 Å². The monoisotopic (exact) mass is 251 g/mol. The molecular formula is C11H19F2NO3. The van der Waals surface area contributed by atoms with Crippen molar-refractivity contribution in [2.45, 2.75) is 51.5 Å². The summed E-state index contributed by atoms with van der Waals surface area (Å²) in [6.07, 6.45) is -4.31. The van der Waals surface area contributed by atoms with Crippen molar-refractivity contribution in [2.24, 2.45) is 5.92 Å². The van der Waals surface area contributed by atoms with Crippen LogP contribution in [-0.4, -0.2) is 46.8 Å². The molecule has 1 rings (SSSR count). The molecule has 4 atom stereocenters. The van der Waals surface area contributed by atoms with Crippen LogP contribution in [0.25, 0.3) is 0 Å². The summed E-state index contributed by atoms with van der Waals surface area (Å²) in [5.74, 6) is -4.04. The van der Waals surface area contributed by atoms with Gasteiger partial charge in [-0.2, -0.15) is 0 Å². The van der Waals surface area contributed by atoms with E-state index in [0.29, 0.717) is 0 Å². The van der Waals surface area contributed by atoms with Gasteiger partial charge in [0.1, 0.15) is 0 Å². The quantitative estimate of drug-likeness (QED) is 0.432. The molecule has 4 nitrogen and oxygen atoms in total. The lowest BCUT2D eigenvalue weighted by Gasteiger charge is -2.54. The van der Waals surface area contributed by atoms with Gasteiger partial charge in [-0.3, -0.25) is 9.69 Å². The van der Waals surface area contributed by atoms with E-state index in [1.54, 1.807) is 13.8 Å². The van der Waals surface area contributed by atoms with Crippen LogP contribution in [0.1, 0.15) is 27.7 Å². The van der Waals surface area contributed by atoms with Crippen LogP contribution < -0.4 is 0 Å². The Kier molecular flexibility index (Phi) is 3.51. The van der Waals surface area contributed by atoms with Gasteiger partial charge < -0.3 is 9.84 Å². The lowest BCUT2D eigenvalue weighted by Crippen LogP contribution is -2.71. The van der Waals surface area contributed by atoms with Gasteiger partial charge in [-0.1, -0.05) is 6.92 Å². The maximum Gasteiger partial charge on any atom is 0.305 e. The maximum absolute atomic E-state index is 13.9. The highest BCUT2D eigenvalue weighted by atomic mass is 19.2. The van der Waals surface area contributed by atoms with Gasteiger partial charge in [-0.05, 0) is 20.9 Å². The average Bonchev–Trinajstić information content (AvgIpc) is 2.22. The number of likely N-dealkylation sites (tertiary alicyclic amines) is 1. The van der Waals surface area contributed by atoms with E-state index in [2.05, 4.69) is 4.74 Å². The highest BCUT2D eigenvalue weighted by molar-refractivity contribution is 5.66. The first-order valence-corrected chi connectivity index (χ1v) is 5.48. The maximum atomic E-state index is 13.9. The normalized spacial score (nSPS) is 42.2. The molecule has 17 heavy (non-hydrogen) atoms. The van der Waals surface area contributed by atoms with E-state index in [-0.39, 0.29) is 0 Å². The summed E-state index contributed by atoms with van der Waals surface area (Å²) in [6.45, 7) is 5.89. The highest BCUT2D eigenvalue weighted by Crippen LogP contribution is 2.44. The van der Waals surface area contributed by atoms with Crippen molar-refractivity contribution in [3.8, 4) is 0 Å². The molecule has 6 heteroatoms. The number of carbonyl (C=O) groups excluding carboxylic acids is 1. The second kappa shape index (κ2) is 4.17. The number of nitrogens with zero attached hydrogens (tertiary/aromatic N) is 1. The van der Waals surface area contributed by atoms with Crippen molar-refractivity contribution < 1.29 is 23.4 Å². The van der Waals surface area contributed by atoms with E-state index in [1.807, 2.05) is 0 Å². The third-order valence-corrected chi connectivity index (χ3v) is 3.90. The average molecular weight is 251 g/mol. The van der Waals surface area contributed by atoms with Gasteiger partial charge in [0.2, 0.25) is 6.17 Å². The first kappa shape index (κ1) is 14.3. The first-order valence-electron chi connectivity index (χ1n) is 5.48. The fourth-order valence-electron chi connectivity index (χ4n) is 2.14.